The largest absolute Gasteiger partial charge is 0.351 e. The van der Waals surface area contributed by atoms with Gasteiger partial charge in [-0.05, 0) is 69.1 Å². The Morgan fingerprint density at radius 3 is 2.65 bits per heavy atom. The second-order valence-electron chi connectivity index (χ2n) is 9.47. The number of thiophene rings is 1. The van der Waals surface area contributed by atoms with E-state index >= 15 is 0 Å². The molecule has 0 spiro atoms. The summed E-state index contributed by atoms with van der Waals surface area (Å²) in [6, 6.07) is 4.27. The molecule has 1 aliphatic heterocycles. The number of hydrogen-bond donors (Lipinski definition) is 1. The van der Waals surface area contributed by atoms with Crippen LogP contribution in [0.25, 0.3) is 10.2 Å². The van der Waals surface area contributed by atoms with Crippen molar-refractivity contribution >= 4 is 33.4 Å². The maximum atomic E-state index is 13.7. The van der Waals surface area contributed by atoms with Crippen LogP contribution in [0.1, 0.15) is 63.9 Å². The molecule has 31 heavy (non-hydrogen) atoms. The van der Waals surface area contributed by atoms with E-state index in [1.54, 1.807) is 11.3 Å². The zero-order valence-corrected chi connectivity index (χ0v) is 20.1. The molecule has 170 valence electrons. The molecule has 0 aromatic carbocycles. The number of nitrogens with one attached hydrogen (secondary N) is 1. The monoisotopic (exact) mass is 444 g/mol. The minimum atomic E-state index is -0.895. The molecular formula is C24H36N4O2S. The first-order valence-electron chi connectivity index (χ1n) is 11.8. The number of carbonyl (C=O) groups excluding carboxylic acids is 2. The average molecular weight is 445 g/mol. The van der Waals surface area contributed by atoms with Crippen LogP contribution < -0.4 is 5.32 Å². The number of amides is 2. The lowest BCUT2D eigenvalue weighted by atomic mass is 9.86. The predicted octanol–water partition coefficient (Wildman–Crippen LogP) is 3.95. The van der Waals surface area contributed by atoms with Crippen molar-refractivity contribution < 1.29 is 9.59 Å². The van der Waals surface area contributed by atoms with E-state index in [9.17, 15) is 9.59 Å². The van der Waals surface area contributed by atoms with Crippen molar-refractivity contribution in [2.75, 3.05) is 26.2 Å². The summed E-state index contributed by atoms with van der Waals surface area (Å²) in [5.74, 6) is 0.694. The molecule has 1 fully saturated rings. The fourth-order valence-electron chi connectivity index (χ4n) is 5.15. The van der Waals surface area contributed by atoms with E-state index in [2.05, 4.69) is 47.0 Å². The van der Waals surface area contributed by atoms with Gasteiger partial charge in [-0.3, -0.25) is 9.59 Å². The Morgan fingerprint density at radius 1 is 1.26 bits per heavy atom. The first-order valence-corrected chi connectivity index (χ1v) is 12.7. The van der Waals surface area contributed by atoms with Gasteiger partial charge in [-0.2, -0.15) is 0 Å². The summed E-state index contributed by atoms with van der Waals surface area (Å²) < 4.78 is 3.17. The Labute approximate surface area is 189 Å². The van der Waals surface area contributed by atoms with Crippen molar-refractivity contribution in [3.8, 4) is 0 Å². The molecule has 2 aliphatic rings. The fraction of sp³-hybridized carbons (Fsp3) is 0.667. The molecule has 0 unspecified atom stereocenters. The van der Waals surface area contributed by atoms with Gasteiger partial charge in [0, 0.05) is 19.1 Å². The molecule has 2 amide bonds. The van der Waals surface area contributed by atoms with Gasteiger partial charge in [0.25, 0.3) is 5.91 Å². The van der Waals surface area contributed by atoms with E-state index in [1.165, 1.54) is 0 Å². The van der Waals surface area contributed by atoms with Crippen LogP contribution in [-0.4, -0.2) is 63.9 Å². The smallest absolute Gasteiger partial charge is 0.271 e. The normalized spacial score (nSPS) is 26.5. The topological polar surface area (TPSA) is 57.6 Å². The molecule has 2 aromatic heterocycles. The standard InChI is InChI=1S/C24H36N4O2S/c1-5-26(6-2)12-13-28-22(29)20-15-21-19(11-14-31-21)27(20)16-24(28,4)23(30)25-18-9-7-17(3)8-10-18/h11,14-15,17-18H,5-10,12-13,16H2,1-4H3,(H,25,30)/t17?,18?,24-/m1/s1. The van der Waals surface area contributed by atoms with Crippen molar-refractivity contribution in [1.82, 2.24) is 19.7 Å². The van der Waals surface area contributed by atoms with Crippen molar-refractivity contribution in [2.45, 2.75) is 71.5 Å². The van der Waals surface area contributed by atoms with E-state index in [0.717, 1.165) is 61.5 Å². The van der Waals surface area contributed by atoms with Crippen LogP contribution in [0, 0.1) is 5.92 Å². The number of nitrogens with zero attached hydrogens (tertiary/aromatic N) is 3. The number of hydrogen-bond acceptors (Lipinski definition) is 4. The number of likely N-dealkylation sites (N-methyl/N-ethyl adjacent to an activating group) is 1. The van der Waals surface area contributed by atoms with E-state index in [4.69, 9.17) is 0 Å². The number of fused-ring (bicyclic) bond motifs is 3. The molecule has 4 rings (SSSR count). The average Bonchev–Trinajstić information content (AvgIpc) is 3.35. The molecule has 0 bridgehead atoms. The summed E-state index contributed by atoms with van der Waals surface area (Å²) >= 11 is 1.65. The molecule has 0 saturated heterocycles. The van der Waals surface area contributed by atoms with E-state index in [1.807, 2.05) is 17.9 Å². The number of aromatic nitrogens is 1. The van der Waals surface area contributed by atoms with Crippen LogP contribution in [0.3, 0.4) is 0 Å². The first-order chi connectivity index (χ1) is 14.9. The minimum absolute atomic E-state index is 0.0114. The van der Waals surface area contributed by atoms with Crippen LogP contribution in [0.15, 0.2) is 17.5 Å². The van der Waals surface area contributed by atoms with E-state index in [-0.39, 0.29) is 17.9 Å². The third-order valence-electron chi connectivity index (χ3n) is 7.42. The van der Waals surface area contributed by atoms with Crippen molar-refractivity contribution in [1.29, 1.82) is 0 Å². The van der Waals surface area contributed by atoms with Gasteiger partial charge < -0.3 is 19.7 Å². The fourth-order valence-corrected chi connectivity index (χ4v) is 5.97. The summed E-state index contributed by atoms with van der Waals surface area (Å²) in [6.45, 7) is 12.2. The second kappa shape index (κ2) is 8.94. The molecule has 1 saturated carbocycles. The van der Waals surface area contributed by atoms with Gasteiger partial charge in [-0.1, -0.05) is 20.8 Å². The van der Waals surface area contributed by atoms with E-state index < -0.39 is 5.54 Å². The lowest BCUT2D eigenvalue weighted by Gasteiger charge is -2.45. The third-order valence-corrected chi connectivity index (χ3v) is 8.28. The molecular weight excluding hydrogens is 408 g/mol. The van der Waals surface area contributed by atoms with Gasteiger partial charge in [0.1, 0.15) is 11.2 Å². The zero-order valence-electron chi connectivity index (χ0n) is 19.3. The number of rotatable bonds is 7. The molecule has 0 radical (unpaired) electrons. The minimum Gasteiger partial charge on any atom is -0.351 e. The highest BCUT2D eigenvalue weighted by molar-refractivity contribution is 7.17. The maximum Gasteiger partial charge on any atom is 0.271 e. The Morgan fingerprint density at radius 2 is 1.97 bits per heavy atom. The first kappa shape index (κ1) is 22.3. The third kappa shape index (κ3) is 4.14. The van der Waals surface area contributed by atoms with Crippen LogP contribution >= 0.6 is 11.3 Å². The van der Waals surface area contributed by atoms with Gasteiger partial charge in [0.05, 0.1) is 16.8 Å². The number of carbonyl (C=O) groups is 2. The molecule has 1 aliphatic carbocycles. The summed E-state index contributed by atoms with van der Waals surface area (Å²) in [7, 11) is 0. The lowest BCUT2D eigenvalue weighted by molar-refractivity contribution is -0.134. The Balaban J connectivity index is 1.63. The van der Waals surface area contributed by atoms with Crippen LogP contribution in [0.4, 0.5) is 0 Å². The molecule has 1 atom stereocenters. The molecule has 7 heteroatoms. The SMILES string of the molecule is CCN(CC)CCN1C(=O)c2cc3sccc3n2C[C@]1(C)C(=O)NC1CCC(C)CC1. The molecule has 2 aromatic rings. The van der Waals surface area contributed by atoms with Gasteiger partial charge in [-0.15, -0.1) is 11.3 Å². The molecule has 6 nitrogen and oxygen atoms in total. The highest BCUT2D eigenvalue weighted by Gasteiger charge is 2.48. The highest BCUT2D eigenvalue weighted by atomic mass is 32.1. The summed E-state index contributed by atoms with van der Waals surface area (Å²) in [6.07, 6.45) is 4.37. The van der Waals surface area contributed by atoms with E-state index in [0.29, 0.717) is 18.8 Å². The summed E-state index contributed by atoms with van der Waals surface area (Å²) in [5, 5.41) is 5.37. The zero-order chi connectivity index (χ0) is 22.2. The Bertz CT molecular complexity index is 939. The summed E-state index contributed by atoms with van der Waals surface area (Å²) in [5.41, 5.74) is 0.870. The predicted molar refractivity (Wildman–Crippen MR) is 127 cm³/mol. The van der Waals surface area contributed by atoms with Crippen LogP contribution in [-0.2, 0) is 11.3 Å². The highest BCUT2D eigenvalue weighted by Crippen LogP contribution is 2.34. The van der Waals surface area contributed by atoms with Crippen LogP contribution in [0.5, 0.6) is 0 Å². The maximum absolute atomic E-state index is 13.7. The molecule has 3 heterocycles. The Hall–Kier alpha value is -1.86. The van der Waals surface area contributed by atoms with Crippen molar-refractivity contribution in [3.63, 3.8) is 0 Å². The van der Waals surface area contributed by atoms with Gasteiger partial charge in [0.15, 0.2) is 0 Å². The van der Waals surface area contributed by atoms with Gasteiger partial charge in [-0.25, -0.2) is 0 Å². The van der Waals surface area contributed by atoms with Crippen molar-refractivity contribution in [2.24, 2.45) is 5.92 Å². The summed E-state index contributed by atoms with van der Waals surface area (Å²) in [4.78, 5) is 31.5. The van der Waals surface area contributed by atoms with Crippen molar-refractivity contribution in [3.05, 3.63) is 23.2 Å². The van der Waals surface area contributed by atoms with Crippen LogP contribution in [0.2, 0.25) is 0 Å². The molecule has 1 N–H and O–H groups in total. The lowest BCUT2D eigenvalue weighted by Crippen LogP contribution is -2.65. The Kier molecular flexibility index (Phi) is 6.44. The van der Waals surface area contributed by atoms with Gasteiger partial charge >= 0.3 is 0 Å². The quantitative estimate of drug-likeness (QED) is 0.703. The van der Waals surface area contributed by atoms with Gasteiger partial charge in [0.2, 0.25) is 5.91 Å². The second-order valence-corrected chi connectivity index (χ2v) is 10.4.